The number of nitrogens with zero attached hydrogens (tertiary/aromatic N) is 5. The monoisotopic (exact) mass is 913 g/mol. The molecule has 13 heteroatoms. The molecule has 6 aromatic carbocycles. The zero-order valence-electron chi connectivity index (χ0n) is 35.5. The fourth-order valence-electron chi connectivity index (χ4n) is 4.70. The first-order chi connectivity index (χ1) is 31.7. The highest BCUT2D eigenvalue weighted by Gasteiger charge is 1.98. The fraction of sp³-hybridized carbons (Fsp3) is 0.115. The van der Waals surface area contributed by atoms with Gasteiger partial charge >= 0.3 is 0 Å². The Bertz CT molecular complexity index is 2480. The van der Waals surface area contributed by atoms with Gasteiger partial charge in [0.15, 0.2) is 28.4 Å². The van der Waals surface area contributed by atoms with E-state index in [1.165, 1.54) is 18.8 Å². The molecule has 0 aromatic heterocycles. The van der Waals surface area contributed by atoms with E-state index in [4.69, 9.17) is 38.0 Å². The van der Waals surface area contributed by atoms with Crippen molar-refractivity contribution in [3.05, 3.63) is 237 Å². The third kappa shape index (κ3) is 25.2. The zero-order chi connectivity index (χ0) is 47.9. The molecule has 0 bridgehead atoms. The maximum Gasteiger partial charge on any atom is 0.187 e. The van der Waals surface area contributed by atoms with Gasteiger partial charge in [0.2, 0.25) is 0 Å². The summed E-state index contributed by atoms with van der Waals surface area (Å²) in [5, 5.41) is 9.98. The Morgan fingerprint density at radius 2 is 0.862 bits per heavy atom. The summed E-state index contributed by atoms with van der Waals surface area (Å²) in [4.78, 5) is 56.5. The highest BCUT2D eigenvalue weighted by Crippen LogP contribution is 2.54. The van der Waals surface area contributed by atoms with Gasteiger partial charge in [0.1, 0.15) is 25.1 Å². The molecule has 1 N–H and O–H groups in total. The minimum absolute atomic E-state index is 0.0957. The van der Waals surface area contributed by atoms with Gasteiger partial charge in [-0.3, -0.25) is 9.59 Å². The number of carbonyl (C=O) groups excluding carboxylic acids is 4. The Balaban J connectivity index is 0.000000391. The van der Waals surface area contributed by atoms with E-state index < -0.39 is 0 Å². The first kappa shape index (κ1) is 55.5. The molecule has 2 atom stereocenters. The van der Waals surface area contributed by atoms with Crippen LogP contribution in [0.5, 0.6) is 0 Å². The van der Waals surface area contributed by atoms with Crippen LogP contribution in [0.25, 0.3) is 24.2 Å². The van der Waals surface area contributed by atoms with Crippen LogP contribution >= 0.6 is 24.1 Å². The van der Waals surface area contributed by atoms with Crippen molar-refractivity contribution in [2.24, 2.45) is 0 Å². The Hall–Kier alpha value is -7.56. The van der Waals surface area contributed by atoms with Crippen LogP contribution in [0.1, 0.15) is 50.2 Å². The van der Waals surface area contributed by atoms with Gasteiger partial charge in [-0.05, 0) is 37.4 Å². The summed E-state index contributed by atoms with van der Waals surface area (Å²) >= 11 is 0. The molecule has 6 rings (SSSR count). The number of benzene rings is 6. The minimum atomic E-state index is -0.0957. The summed E-state index contributed by atoms with van der Waals surface area (Å²) in [5.41, 5.74) is 7.49. The van der Waals surface area contributed by atoms with E-state index in [2.05, 4.69) is 63.7 Å². The number of carbonyl (C=O) groups is 4. The molecular weight excluding hydrogens is 868 g/mol. The summed E-state index contributed by atoms with van der Waals surface area (Å²) in [6, 6.07) is 45.3. The summed E-state index contributed by atoms with van der Waals surface area (Å²) in [5.74, 6) is 0. The Kier molecular flexibility index (Phi) is 30.7. The number of rotatable bonds is 12. The van der Waals surface area contributed by atoms with Crippen molar-refractivity contribution in [1.29, 1.82) is 0 Å². The normalized spacial score (nSPS) is 9.43. The van der Waals surface area contributed by atoms with Crippen LogP contribution in [0.15, 0.2) is 152 Å². The lowest BCUT2D eigenvalue weighted by atomic mass is 10.1. The van der Waals surface area contributed by atoms with Crippen LogP contribution in [0.3, 0.4) is 0 Å². The van der Waals surface area contributed by atoms with Crippen LogP contribution < -0.4 is 5.30 Å². The van der Waals surface area contributed by atoms with Crippen LogP contribution in [0.4, 0.5) is 28.4 Å². The largest absolute Gasteiger partial charge is 0.396 e. The van der Waals surface area contributed by atoms with Crippen molar-refractivity contribution >= 4 is 89.3 Å². The van der Waals surface area contributed by atoms with Gasteiger partial charge in [-0.25, -0.2) is 24.2 Å². The van der Waals surface area contributed by atoms with Crippen molar-refractivity contribution < 1.29 is 24.3 Å². The average Bonchev–Trinajstić information content (AvgIpc) is 3.39. The Morgan fingerprint density at radius 3 is 1.17 bits per heavy atom. The first-order valence-corrected chi connectivity index (χ1v) is 24.2. The summed E-state index contributed by atoms with van der Waals surface area (Å²) in [6.07, 6.45) is 10.5. The molecule has 0 radical (unpaired) electrons. The van der Waals surface area contributed by atoms with Gasteiger partial charge in [0.05, 0.1) is 32.9 Å². The number of aliphatic hydroxyl groups is 1. The van der Waals surface area contributed by atoms with E-state index in [9.17, 15) is 19.2 Å². The predicted molar refractivity (Wildman–Crippen MR) is 271 cm³/mol. The lowest BCUT2D eigenvalue weighted by Crippen LogP contribution is -1.89. The Morgan fingerprint density at radius 1 is 0.508 bits per heavy atom. The second-order valence-electron chi connectivity index (χ2n) is 12.7. The fourth-order valence-corrected chi connectivity index (χ4v) is 6.75. The van der Waals surface area contributed by atoms with E-state index in [1.807, 2.05) is 30.3 Å². The number of hydrogen-bond acceptors (Lipinski definition) is 5. The van der Waals surface area contributed by atoms with Crippen LogP contribution in [-0.4, -0.2) is 43.2 Å². The van der Waals surface area contributed by atoms with Crippen LogP contribution in [0.2, 0.25) is 0 Å². The SMILES string of the molecule is C=PP(P)c1ccccc1.[C-]#[N+]c1ccc(C=O)cc1.[C-]#[N+]c1ccc(C=O)cc1.[C-]#[N+]c1ccc(CC=O)cc1.[C-]#[N+]c1ccc(CCC=O)cc1.[C-]#[N+]c1ccc(CCCO)cc1. The molecule has 10 nitrogen and oxygen atoms in total. The number of aliphatic hydroxyl groups excluding tert-OH is 1. The molecule has 0 saturated carbocycles. The lowest BCUT2D eigenvalue weighted by Gasteiger charge is -2.02. The van der Waals surface area contributed by atoms with Crippen LogP contribution in [-0.2, 0) is 28.9 Å². The van der Waals surface area contributed by atoms with Gasteiger partial charge in [-0.15, -0.1) is 0 Å². The van der Waals surface area contributed by atoms with E-state index in [-0.39, 0.29) is 13.9 Å². The second kappa shape index (κ2) is 36.0. The van der Waals surface area contributed by atoms with E-state index >= 15 is 0 Å². The molecule has 324 valence electrons. The quantitative estimate of drug-likeness (QED) is 0.0747. The van der Waals surface area contributed by atoms with Crippen molar-refractivity contribution in [3.8, 4) is 0 Å². The zero-order valence-corrected chi connectivity index (χ0v) is 38.4. The first-order valence-electron chi connectivity index (χ1n) is 19.5. The summed E-state index contributed by atoms with van der Waals surface area (Å²) in [7, 11) is 3.96. The van der Waals surface area contributed by atoms with Gasteiger partial charge < -0.3 is 14.7 Å². The highest BCUT2D eigenvalue weighted by atomic mass is 32.4. The van der Waals surface area contributed by atoms with Crippen LogP contribution in [0, 0.1) is 32.9 Å². The summed E-state index contributed by atoms with van der Waals surface area (Å²) < 4.78 is 0. The molecule has 0 spiro atoms. The van der Waals surface area contributed by atoms with Gasteiger partial charge in [0.25, 0.3) is 0 Å². The average molecular weight is 914 g/mol. The smallest absolute Gasteiger partial charge is 0.187 e. The van der Waals surface area contributed by atoms with Crippen molar-refractivity contribution in [2.75, 3.05) is 6.61 Å². The molecule has 0 heterocycles. The molecule has 0 aliphatic heterocycles. The third-order valence-corrected chi connectivity index (χ3v) is 13.3. The second-order valence-corrected chi connectivity index (χ2v) is 19.2. The highest BCUT2D eigenvalue weighted by molar-refractivity contribution is 8.49. The standard InChI is InChI=1S/C10H11NO.C10H9NO.C9H7NO.2C8H5NO.C7H9P3/c2*1-11-10-6-4-9(5-7-10)3-2-8-12;1-10-9-4-2-8(3-5-9)6-7-11;2*1-9-8-4-2-7(6-10)3-5-8;1-9-10(8)7-5-3-2-4-6-7/h4-7,12H,2-3,8H2;4-8H,2-3H2;2-5,7H,6H2;2*2-6H;2-6H,1,8H2. The van der Waals surface area contributed by atoms with E-state index in [0.29, 0.717) is 52.4 Å². The molecular formula is C52H46N5O5P3. The molecule has 0 aliphatic rings. The molecule has 65 heavy (non-hydrogen) atoms. The number of hydrogen-bond donors (Lipinski definition) is 1. The van der Waals surface area contributed by atoms with Crippen molar-refractivity contribution in [3.63, 3.8) is 0 Å². The predicted octanol–water partition coefficient (Wildman–Crippen LogP) is 13.5. The molecule has 2 unspecified atom stereocenters. The maximum atomic E-state index is 10.1. The lowest BCUT2D eigenvalue weighted by molar-refractivity contribution is -0.108. The van der Waals surface area contributed by atoms with Crippen molar-refractivity contribution in [2.45, 2.75) is 32.1 Å². The molecule has 0 aliphatic carbocycles. The molecule has 0 saturated heterocycles. The minimum Gasteiger partial charge on any atom is -0.396 e. The van der Waals surface area contributed by atoms with E-state index in [0.717, 1.165) is 55.5 Å². The van der Waals surface area contributed by atoms with E-state index in [1.54, 1.807) is 97.1 Å². The third-order valence-electron chi connectivity index (χ3n) is 8.18. The maximum absolute atomic E-state index is 10.1. The van der Waals surface area contributed by atoms with Gasteiger partial charge in [-0.1, -0.05) is 186 Å². The number of aryl methyl sites for hydroxylation is 2. The summed E-state index contributed by atoms with van der Waals surface area (Å²) in [6.45, 7) is 33.6. The topological polar surface area (TPSA) is 110 Å². The number of aldehydes is 4. The molecule has 6 aromatic rings. The molecule has 0 amide bonds. The van der Waals surface area contributed by atoms with Crippen molar-refractivity contribution in [1.82, 2.24) is 0 Å². The molecule has 0 fully saturated rings. The Labute approximate surface area is 387 Å². The van der Waals surface area contributed by atoms with Gasteiger partial charge in [0, 0.05) is 30.6 Å². The van der Waals surface area contributed by atoms with Gasteiger partial charge in [-0.2, -0.15) is 0 Å².